The van der Waals surface area contributed by atoms with Crippen LogP contribution in [0.25, 0.3) is 10.1 Å². The molecule has 5 atom stereocenters. The van der Waals surface area contributed by atoms with Gasteiger partial charge in [-0.1, -0.05) is 32.0 Å². The first kappa shape index (κ1) is 17.0. The molecule has 2 aliphatic heterocycles. The minimum atomic E-state index is -0.946. The maximum absolute atomic E-state index is 11.7. The van der Waals surface area contributed by atoms with Crippen molar-refractivity contribution >= 4 is 27.3 Å². The predicted octanol–water partition coefficient (Wildman–Crippen LogP) is 3.45. The van der Waals surface area contributed by atoms with Gasteiger partial charge in [0.2, 0.25) is 0 Å². The van der Waals surface area contributed by atoms with Crippen LogP contribution in [0.3, 0.4) is 0 Å². The normalized spacial score (nSPS) is 34.9. The molecular weight excluding hydrogens is 330 g/mol. The summed E-state index contributed by atoms with van der Waals surface area (Å²) < 4.78 is 1.19. The second-order valence-electron chi connectivity index (χ2n) is 8.00. The van der Waals surface area contributed by atoms with E-state index in [4.69, 9.17) is 5.41 Å². The number of piperidine rings is 2. The van der Waals surface area contributed by atoms with Crippen LogP contribution in [-0.4, -0.2) is 53.1 Å². The third kappa shape index (κ3) is 2.69. The molecule has 2 bridgehead atoms. The highest BCUT2D eigenvalue weighted by molar-refractivity contribution is 7.20. The molecule has 0 saturated carbocycles. The molecule has 5 unspecified atom stereocenters. The first-order valence-electron chi connectivity index (χ1n) is 9.15. The van der Waals surface area contributed by atoms with Crippen LogP contribution >= 0.6 is 11.3 Å². The summed E-state index contributed by atoms with van der Waals surface area (Å²) in [4.78, 5) is 5.26. The number of nitrogens with one attached hydrogen (secondary N) is 1. The highest BCUT2D eigenvalue weighted by atomic mass is 32.1. The van der Waals surface area contributed by atoms with E-state index in [1.165, 1.54) is 10.1 Å². The van der Waals surface area contributed by atoms with Gasteiger partial charge in [-0.2, -0.15) is 0 Å². The average Bonchev–Trinajstić information content (AvgIpc) is 3.02. The van der Waals surface area contributed by atoms with Crippen molar-refractivity contribution in [3.05, 3.63) is 35.2 Å². The van der Waals surface area contributed by atoms with Gasteiger partial charge in [-0.3, -0.25) is 5.41 Å². The molecule has 2 N–H and O–H groups in total. The van der Waals surface area contributed by atoms with E-state index in [2.05, 4.69) is 36.9 Å². The minimum absolute atomic E-state index is 0.124. The molecule has 2 aliphatic rings. The molecule has 134 valence electrons. The van der Waals surface area contributed by atoms with Gasteiger partial charge in [0.25, 0.3) is 0 Å². The quantitative estimate of drug-likeness (QED) is 0.492. The summed E-state index contributed by atoms with van der Waals surface area (Å²) in [6.45, 7) is 7.38. The van der Waals surface area contributed by atoms with Gasteiger partial charge in [0.1, 0.15) is 11.6 Å². The highest BCUT2D eigenvalue weighted by Gasteiger charge is 2.52. The van der Waals surface area contributed by atoms with Crippen LogP contribution in [0.2, 0.25) is 0 Å². The third-order valence-electron chi connectivity index (χ3n) is 6.13. The van der Waals surface area contributed by atoms with Crippen molar-refractivity contribution in [2.24, 2.45) is 17.8 Å². The van der Waals surface area contributed by atoms with Crippen molar-refractivity contribution in [3.8, 4) is 0 Å². The van der Waals surface area contributed by atoms with Gasteiger partial charge in [0.05, 0.1) is 4.88 Å². The van der Waals surface area contributed by atoms with Crippen molar-refractivity contribution in [1.82, 2.24) is 9.80 Å². The standard InChI is InChI=1S/C20H27N3OS/c1-13-8-16-12-23(10-13)11-14(2)20(16,24)22(3)19(21)18-9-15-6-4-5-7-17(15)25-18/h4-7,9,13-14,16,21,24H,8,10-12H2,1-3H3. The largest absolute Gasteiger partial charge is 0.370 e. The third-order valence-corrected chi connectivity index (χ3v) is 7.25. The first-order valence-corrected chi connectivity index (χ1v) is 9.97. The topological polar surface area (TPSA) is 50.6 Å². The van der Waals surface area contributed by atoms with Gasteiger partial charge in [-0.15, -0.1) is 11.3 Å². The lowest BCUT2D eigenvalue weighted by Gasteiger charge is -2.56. The Bertz CT molecular complexity index is 766. The Labute approximate surface area is 153 Å². The molecule has 0 aliphatic carbocycles. The number of rotatable bonds is 2. The van der Waals surface area contributed by atoms with Crippen LogP contribution in [0.5, 0.6) is 0 Å². The van der Waals surface area contributed by atoms with Gasteiger partial charge in [0.15, 0.2) is 0 Å². The number of amidine groups is 1. The van der Waals surface area contributed by atoms with Gasteiger partial charge >= 0.3 is 0 Å². The number of aliphatic hydroxyl groups is 1. The monoisotopic (exact) mass is 357 g/mol. The second kappa shape index (κ2) is 6.08. The van der Waals surface area contributed by atoms with Gasteiger partial charge in [0, 0.05) is 43.2 Å². The van der Waals surface area contributed by atoms with E-state index in [1.807, 2.05) is 24.1 Å². The van der Waals surface area contributed by atoms with E-state index in [9.17, 15) is 5.11 Å². The zero-order valence-electron chi connectivity index (χ0n) is 15.2. The van der Waals surface area contributed by atoms with Crippen molar-refractivity contribution in [2.75, 3.05) is 26.7 Å². The predicted molar refractivity (Wildman–Crippen MR) is 104 cm³/mol. The van der Waals surface area contributed by atoms with Crippen molar-refractivity contribution < 1.29 is 5.11 Å². The molecule has 2 saturated heterocycles. The number of benzene rings is 1. The summed E-state index contributed by atoms with van der Waals surface area (Å²) in [5, 5.41) is 21.6. The summed E-state index contributed by atoms with van der Waals surface area (Å²) >= 11 is 1.63. The summed E-state index contributed by atoms with van der Waals surface area (Å²) in [5.41, 5.74) is -0.946. The minimum Gasteiger partial charge on any atom is -0.370 e. The van der Waals surface area contributed by atoms with Crippen LogP contribution in [0.1, 0.15) is 25.1 Å². The lowest BCUT2D eigenvalue weighted by atomic mass is 9.72. The molecule has 2 fully saturated rings. The number of thiophene rings is 1. The van der Waals surface area contributed by atoms with Crippen LogP contribution in [0.4, 0.5) is 0 Å². The Morgan fingerprint density at radius 2 is 2.04 bits per heavy atom. The smallest absolute Gasteiger partial charge is 0.146 e. The fourth-order valence-corrected chi connectivity index (χ4v) is 5.94. The summed E-state index contributed by atoms with van der Waals surface area (Å²) in [6.07, 6.45) is 1.03. The molecule has 3 heterocycles. The Hall–Kier alpha value is -1.43. The SMILES string of the molecule is CC1CC2CN(C1)CC(C)C2(O)N(C)C(=N)c1cc2ccccc2s1. The van der Waals surface area contributed by atoms with Crippen molar-refractivity contribution in [2.45, 2.75) is 26.0 Å². The molecule has 4 nitrogen and oxygen atoms in total. The van der Waals surface area contributed by atoms with E-state index in [0.29, 0.717) is 11.8 Å². The Balaban J connectivity index is 1.65. The molecular formula is C20H27N3OS. The molecule has 2 aromatic rings. The number of nitrogens with zero attached hydrogens (tertiary/aromatic N) is 2. The Morgan fingerprint density at radius 3 is 2.80 bits per heavy atom. The van der Waals surface area contributed by atoms with Crippen molar-refractivity contribution in [1.29, 1.82) is 5.41 Å². The molecule has 25 heavy (non-hydrogen) atoms. The molecule has 5 heteroatoms. The fourth-order valence-electron chi connectivity index (χ4n) is 4.89. The van der Waals surface area contributed by atoms with E-state index >= 15 is 0 Å². The van der Waals surface area contributed by atoms with Crippen molar-refractivity contribution in [3.63, 3.8) is 0 Å². The molecule has 0 spiro atoms. The van der Waals surface area contributed by atoms with Crippen LogP contribution < -0.4 is 0 Å². The zero-order valence-corrected chi connectivity index (χ0v) is 16.0. The lowest BCUT2D eigenvalue weighted by Crippen LogP contribution is -2.68. The Kier molecular flexibility index (Phi) is 4.13. The molecule has 1 aromatic carbocycles. The average molecular weight is 358 g/mol. The Morgan fingerprint density at radius 1 is 1.28 bits per heavy atom. The first-order chi connectivity index (χ1) is 11.9. The summed E-state index contributed by atoms with van der Waals surface area (Å²) in [6, 6.07) is 10.3. The fraction of sp³-hybridized carbons (Fsp3) is 0.550. The number of hydrogen-bond donors (Lipinski definition) is 2. The number of hydrogen-bond acceptors (Lipinski definition) is 4. The maximum atomic E-state index is 11.7. The van der Waals surface area contributed by atoms with E-state index in [0.717, 1.165) is 30.9 Å². The summed E-state index contributed by atoms with van der Waals surface area (Å²) in [5.74, 6) is 1.35. The van der Waals surface area contributed by atoms with Crippen LogP contribution in [0, 0.1) is 23.2 Å². The van der Waals surface area contributed by atoms with Gasteiger partial charge in [-0.25, -0.2) is 0 Å². The van der Waals surface area contributed by atoms with Crippen LogP contribution in [-0.2, 0) is 0 Å². The molecule has 0 amide bonds. The highest BCUT2D eigenvalue weighted by Crippen LogP contribution is 2.42. The lowest BCUT2D eigenvalue weighted by molar-refractivity contribution is -0.196. The van der Waals surface area contributed by atoms with E-state index in [-0.39, 0.29) is 11.8 Å². The van der Waals surface area contributed by atoms with Crippen LogP contribution in [0.15, 0.2) is 30.3 Å². The summed E-state index contributed by atoms with van der Waals surface area (Å²) in [7, 11) is 1.90. The van der Waals surface area contributed by atoms with Gasteiger partial charge in [-0.05, 0) is 29.9 Å². The van der Waals surface area contributed by atoms with Gasteiger partial charge < -0.3 is 14.9 Å². The molecule has 1 aromatic heterocycles. The number of fused-ring (bicyclic) bond motifs is 3. The second-order valence-corrected chi connectivity index (χ2v) is 9.08. The molecule has 0 radical (unpaired) electrons. The maximum Gasteiger partial charge on any atom is 0.146 e. The zero-order chi connectivity index (χ0) is 17.8. The van der Waals surface area contributed by atoms with E-state index < -0.39 is 5.72 Å². The van der Waals surface area contributed by atoms with E-state index in [1.54, 1.807) is 11.3 Å². The molecule has 4 rings (SSSR count).